The monoisotopic (exact) mass is 394 g/mol. The topological polar surface area (TPSA) is 69.0 Å². The zero-order valence-corrected chi connectivity index (χ0v) is 17.5. The molecule has 0 saturated carbocycles. The zero-order valence-electron chi connectivity index (χ0n) is 17.5. The van der Waals surface area contributed by atoms with E-state index in [1.165, 1.54) is 0 Å². The van der Waals surface area contributed by atoms with Crippen LogP contribution in [0.5, 0.6) is 5.88 Å². The normalized spacial score (nSPS) is 16.6. The van der Waals surface area contributed by atoms with E-state index in [0.29, 0.717) is 12.4 Å². The number of hydrogen-bond donors (Lipinski definition) is 0. The van der Waals surface area contributed by atoms with Gasteiger partial charge in [0.2, 0.25) is 5.88 Å². The summed E-state index contributed by atoms with van der Waals surface area (Å²) in [5.74, 6) is 1.63. The third-order valence-corrected chi connectivity index (χ3v) is 5.02. The molecule has 7 heteroatoms. The molecule has 0 fully saturated rings. The van der Waals surface area contributed by atoms with Crippen molar-refractivity contribution in [2.75, 3.05) is 18.6 Å². The van der Waals surface area contributed by atoms with Gasteiger partial charge in [0.15, 0.2) is 0 Å². The second-order valence-electron chi connectivity index (χ2n) is 8.38. The highest BCUT2D eigenvalue weighted by molar-refractivity contribution is 5.89. The fourth-order valence-electron chi connectivity index (χ4n) is 3.55. The van der Waals surface area contributed by atoms with E-state index in [1.54, 1.807) is 18.2 Å². The quantitative estimate of drug-likeness (QED) is 0.633. The number of aromatic nitrogens is 3. The maximum Gasteiger partial charge on any atom is 0.416 e. The molecule has 0 bridgehead atoms. The van der Waals surface area contributed by atoms with Gasteiger partial charge in [0.1, 0.15) is 17.1 Å². The number of imidazole rings is 1. The van der Waals surface area contributed by atoms with Crippen molar-refractivity contribution in [2.24, 2.45) is 0 Å². The Morgan fingerprint density at radius 2 is 1.93 bits per heavy atom. The maximum absolute atomic E-state index is 12.9. The minimum Gasteiger partial charge on any atom is -0.481 e. The van der Waals surface area contributed by atoms with E-state index in [9.17, 15) is 4.79 Å². The van der Waals surface area contributed by atoms with Crippen molar-refractivity contribution in [2.45, 2.75) is 45.6 Å². The highest BCUT2D eigenvalue weighted by Crippen LogP contribution is 2.37. The van der Waals surface area contributed by atoms with Crippen LogP contribution < -0.4 is 9.64 Å². The first-order valence-electron chi connectivity index (χ1n) is 9.80. The number of methoxy groups -OCH3 is 1. The fraction of sp³-hybridized carbons (Fsp3) is 0.409. The van der Waals surface area contributed by atoms with Crippen molar-refractivity contribution in [3.05, 3.63) is 42.4 Å². The summed E-state index contributed by atoms with van der Waals surface area (Å²) in [6.45, 7) is 8.38. The van der Waals surface area contributed by atoms with Crippen molar-refractivity contribution in [3.8, 4) is 17.0 Å². The Hall–Kier alpha value is -3.09. The molecule has 4 heterocycles. The van der Waals surface area contributed by atoms with Crippen LogP contribution >= 0.6 is 0 Å². The van der Waals surface area contributed by atoms with E-state index in [0.717, 1.165) is 34.7 Å². The number of carbonyl (C=O) groups excluding carboxylic acids is 1. The number of anilines is 1. The van der Waals surface area contributed by atoms with Gasteiger partial charge < -0.3 is 9.47 Å². The molecule has 152 valence electrons. The van der Waals surface area contributed by atoms with Gasteiger partial charge in [-0.05, 0) is 45.4 Å². The third kappa shape index (κ3) is 3.64. The standard InChI is InChI=1S/C22H26N4O3/c1-14-10-11-25(21(27)29-22(2,3)4)20-19(14)24-17-8-6-16(13-26(17)20)15-7-9-18(28-5)23-12-15/h6-9,12-14H,10-11H2,1-5H3. The molecule has 0 radical (unpaired) electrons. The number of rotatable bonds is 2. The van der Waals surface area contributed by atoms with Crippen molar-refractivity contribution in [1.29, 1.82) is 0 Å². The maximum atomic E-state index is 12.9. The largest absolute Gasteiger partial charge is 0.481 e. The minimum atomic E-state index is -0.555. The SMILES string of the molecule is COc1ccc(-c2ccc3nc4c(n3c2)N(C(=O)OC(C)(C)C)CCC4C)cn1. The molecule has 1 amide bonds. The molecule has 1 unspecified atom stereocenters. The van der Waals surface area contributed by atoms with Gasteiger partial charge in [0.25, 0.3) is 0 Å². The highest BCUT2D eigenvalue weighted by Gasteiger charge is 2.34. The van der Waals surface area contributed by atoms with Gasteiger partial charge in [0, 0.05) is 42.0 Å². The van der Waals surface area contributed by atoms with Crippen LogP contribution in [0.1, 0.15) is 45.7 Å². The van der Waals surface area contributed by atoms with Crippen LogP contribution in [0.15, 0.2) is 36.7 Å². The summed E-state index contributed by atoms with van der Waals surface area (Å²) in [7, 11) is 1.60. The lowest BCUT2D eigenvalue weighted by atomic mass is 10.00. The van der Waals surface area contributed by atoms with Crippen molar-refractivity contribution in [3.63, 3.8) is 0 Å². The highest BCUT2D eigenvalue weighted by atomic mass is 16.6. The van der Waals surface area contributed by atoms with Gasteiger partial charge >= 0.3 is 6.09 Å². The van der Waals surface area contributed by atoms with Gasteiger partial charge in [-0.1, -0.05) is 6.92 Å². The van der Waals surface area contributed by atoms with E-state index in [1.807, 2.05) is 55.6 Å². The molecule has 4 rings (SSSR count). The van der Waals surface area contributed by atoms with Crippen LogP contribution in [0.25, 0.3) is 16.8 Å². The molecule has 0 aromatic carbocycles. The van der Waals surface area contributed by atoms with Crippen LogP contribution in [0.4, 0.5) is 10.6 Å². The summed E-state index contributed by atoms with van der Waals surface area (Å²) in [5, 5.41) is 0. The van der Waals surface area contributed by atoms with Gasteiger partial charge in [-0.3, -0.25) is 9.30 Å². The smallest absolute Gasteiger partial charge is 0.416 e. The number of ether oxygens (including phenoxy) is 2. The first-order valence-corrected chi connectivity index (χ1v) is 9.80. The average Bonchev–Trinajstić information content (AvgIpc) is 3.07. The fourth-order valence-corrected chi connectivity index (χ4v) is 3.55. The molecular weight excluding hydrogens is 368 g/mol. The summed E-state index contributed by atoms with van der Waals surface area (Å²) in [6, 6.07) is 7.78. The van der Waals surface area contributed by atoms with Gasteiger partial charge in [-0.25, -0.2) is 14.8 Å². The molecule has 0 aliphatic carbocycles. The predicted molar refractivity (Wildman–Crippen MR) is 112 cm³/mol. The molecule has 1 aliphatic heterocycles. The Kier molecular flexibility index (Phi) is 4.68. The Labute approximate surface area is 170 Å². The van der Waals surface area contributed by atoms with Crippen molar-refractivity contribution in [1.82, 2.24) is 14.4 Å². The molecule has 1 atom stereocenters. The van der Waals surface area contributed by atoms with E-state index in [2.05, 4.69) is 11.9 Å². The molecule has 3 aromatic rings. The number of amides is 1. The number of nitrogens with zero attached hydrogens (tertiary/aromatic N) is 4. The molecule has 3 aromatic heterocycles. The third-order valence-electron chi connectivity index (χ3n) is 5.02. The van der Waals surface area contributed by atoms with Gasteiger partial charge in [-0.2, -0.15) is 0 Å². The van der Waals surface area contributed by atoms with Crippen LogP contribution in [0, 0.1) is 0 Å². The molecule has 0 saturated heterocycles. The minimum absolute atomic E-state index is 0.273. The van der Waals surface area contributed by atoms with Crippen molar-refractivity contribution < 1.29 is 14.3 Å². The second-order valence-corrected chi connectivity index (χ2v) is 8.38. The average molecular weight is 394 g/mol. The Balaban J connectivity index is 1.80. The summed E-state index contributed by atoms with van der Waals surface area (Å²) in [4.78, 5) is 23.7. The number of fused-ring (bicyclic) bond motifs is 3. The Morgan fingerprint density at radius 3 is 2.59 bits per heavy atom. The summed E-state index contributed by atoms with van der Waals surface area (Å²) < 4.78 is 12.8. The van der Waals surface area contributed by atoms with Gasteiger partial charge in [0.05, 0.1) is 12.8 Å². The lowest BCUT2D eigenvalue weighted by Crippen LogP contribution is -2.40. The molecular formula is C22H26N4O3. The Morgan fingerprint density at radius 1 is 1.17 bits per heavy atom. The number of carbonyl (C=O) groups is 1. The molecule has 0 spiro atoms. The molecule has 7 nitrogen and oxygen atoms in total. The summed E-state index contributed by atoms with van der Waals surface area (Å²) >= 11 is 0. The number of hydrogen-bond acceptors (Lipinski definition) is 5. The summed E-state index contributed by atoms with van der Waals surface area (Å²) in [5.41, 5.74) is 3.12. The lowest BCUT2D eigenvalue weighted by Gasteiger charge is -2.31. The van der Waals surface area contributed by atoms with Crippen LogP contribution in [-0.2, 0) is 4.74 Å². The van der Waals surface area contributed by atoms with Crippen LogP contribution in [0.2, 0.25) is 0 Å². The molecule has 29 heavy (non-hydrogen) atoms. The molecule has 1 aliphatic rings. The first kappa shape index (κ1) is 19.2. The second kappa shape index (κ2) is 7.06. The molecule has 0 N–H and O–H groups in total. The number of pyridine rings is 2. The van der Waals surface area contributed by atoms with Crippen LogP contribution in [-0.4, -0.2) is 39.7 Å². The van der Waals surface area contributed by atoms with Crippen LogP contribution in [0.3, 0.4) is 0 Å². The summed E-state index contributed by atoms with van der Waals surface area (Å²) in [6.07, 6.45) is 4.28. The Bertz CT molecular complexity index is 1050. The van der Waals surface area contributed by atoms with E-state index in [-0.39, 0.29) is 12.0 Å². The van der Waals surface area contributed by atoms with Crippen molar-refractivity contribution >= 4 is 17.6 Å². The zero-order chi connectivity index (χ0) is 20.8. The van der Waals surface area contributed by atoms with E-state index < -0.39 is 5.60 Å². The predicted octanol–water partition coefficient (Wildman–Crippen LogP) is 4.65. The van der Waals surface area contributed by atoms with E-state index in [4.69, 9.17) is 14.5 Å². The lowest BCUT2D eigenvalue weighted by molar-refractivity contribution is 0.0575. The van der Waals surface area contributed by atoms with Gasteiger partial charge in [-0.15, -0.1) is 0 Å². The first-order chi connectivity index (χ1) is 13.8. The van der Waals surface area contributed by atoms with E-state index >= 15 is 0 Å².